The van der Waals surface area contributed by atoms with E-state index in [0.29, 0.717) is 67.8 Å². The highest BCUT2D eigenvalue weighted by molar-refractivity contribution is 7.89. The van der Waals surface area contributed by atoms with Crippen molar-refractivity contribution in [3.05, 3.63) is 64.3 Å². The number of aliphatic hydroxyl groups is 1. The number of fused-ring (bicyclic) bond motifs is 3. The molecule has 2 amide bonds. The Morgan fingerprint density at radius 2 is 1.82 bits per heavy atom. The van der Waals surface area contributed by atoms with E-state index < -0.39 is 38.8 Å². The fourth-order valence-electron chi connectivity index (χ4n) is 9.60. The summed E-state index contributed by atoms with van der Waals surface area (Å²) >= 11 is 6.69. The van der Waals surface area contributed by atoms with Crippen molar-refractivity contribution < 1.29 is 41.0 Å². The van der Waals surface area contributed by atoms with Gasteiger partial charge in [-0.1, -0.05) is 17.7 Å². The van der Waals surface area contributed by atoms with E-state index in [4.69, 9.17) is 16.3 Å². The van der Waals surface area contributed by atoms with Crippen LogP contribution in [0, 0.1) is 6.92 Å². The van der Waals surface area contributed by atoms with Crippen LogP contribution in [0.4, 0.5) is 36.3 Å². The van der Waals surface area contributed by atoms with Crippen molar-refractivity contribution in [3.63, 3.8) is 0 Å². The molecule has 6 fully saturated rings. The molecule has 61 heavy (non-hydrogen) atoms. The zero-order chi connectivity index (χ0) is 43.5. The maximum absolute atomic E-state index is 14.0. The second kappa shape index (κ2) is 16.2. The fourth-order valence-corrected chi connectivity index (χ4v) is 11.4. The minimum atomic E-state index is -4.71. The summed E-state index contributed by atoms with van der Waals surface area (Å²) in [6, 6.07) is 10.5. The molecule has 330 valence electrons. The van der Waals surface area contributed by atoms with Gasteiger partial charge < -0.3 is 25.0 Å². The molecule has 0 radical (unpaired) electrons. The van der Waals surface area contributed by atoms with Crippen LogP contribution in [0.1, 0.15) is 87.8 Å². The van der Waals surface area contributed by atoms with Crippen LogP contribution in [0.2, 0.25) is 5.02 Å². The van der Waals surface area contributed by atoms with Crippen molar-refractivity contribution in [2.24, 2.45) is 0 Å². The number of ether oxygens (including phenoxy) is 1. The van der Waals surface area contributed by atoms with Crippen LogP contribution in [0.5, 0.6) is 0 Å². The van der Waals surface area contributed by atoms with Gasteiger partial charge in [0.2, 0.25) is 27.8 Å². The number of aromatic nitrogens is 2. The smallest absolute Gasteiger partial charge is 0.388 e. The lowest BCUT2D eigenvalue weighted by Crippen LogP contribution is -2.66. The minimum Gasteiger partial charge on any atom is -0.388 e. The number of nitrogens with zero attached hydrogens (tertiary/aromatic N) is 5. The average molecular weight is 889 g/mol. The molecular weight excluding hydrogens is 837 g/mol. The van der Waals surface area contributed by atoms with E-state index in [1.807, 2.05) is 18.2 Å². The van der Waals surface area contributed by atoms with Crippen LogP contribution in [0.3, 0.4) is 0 Å². The largest absolute Gasteiger partial charge is 0.421 e. The number of aryl methyl sites for hydroxylation is 1. The van der Waals surface area contributed by atoms with E-state index in [1.165, 1.54) is 17.0 Å². The molecule has 6 aliphatic rings. The first-order chi connectivity index (χ1) is 28.7. The molecule has 14 nitrogen and oxygen atoms in total. The van der Waals surface area contributed by atoms with Gasteiger partial charge in [0, 0.05) is 74.3 Å². The van der Waals surface area contributed by atoms with Gasteiger partial charge >= 0.3 is 6.18 Å². The highest BCUT2D eigenvalue weighted by Gasteiger charge is 2.52. The van der Waals surface area contributed by atoms with Gasteiger partial charge in [0.1, 0.15) is 11.4 Å². The highest BCUT2D eigenvalue weighted by atomic mass is 35.5. The second-order valence-corrected chi connectivity index (χ2v) is 20.0. The highest BCUT2D eigenvalue weighted by Crippen LogP contribution is 2.46. The number of piperazine rings is 1. The summed E-state index contributed by atoms with van der Waals surface area (Å²) in [4.78, 5) is 38.4. The van der Waals surface area contributed by atoms with Crippen LogP contribution in [-0.4, -0.2) is 109 Å². The van der Waals surface area contributed by atoms with E-state index in [-0.39, 0.29) is 59.7 Å². The number of hydrogen-bond donors (Lipinski definition) is 4. The molecule has 2 bridgehead atoms. The van der Waals surface area contributed by atoms with Crippen molar-refractivity contribution in [1.82, 2.24) is 24.9 Å². The van der Waals surface area contributed by atoms with E-state index in [2.05, 4.69) is 42.0 Å². The number of anilines is 4. The molecule has 1 aromatic heterocycles. The first-order valence-corrected chi connectivity index (χ1v) is 22.7. The summed E-state index contributed by atoms with van der Waals surface area (Å²) in [5, 5.41) is 16.4. The molecule has 19 heteroatoms. The van der Waals surface area contributed by atoms with Crippen LogP contribution < -0.4 is 25.2 Å². The number of alkyl halides is 3. The van der Waals surface area contributed by atoms with Crippen LogP contribution in [0.25, 0.3) is 0 Å². The molecule has 9 rings (SSSR count). The Bertz CT molecular complexity index is 2290. The summed E-state index contributed by atoms with van der Waals surface area (Å²) in [7, 11) is -3.98. The molecule has 2 aromatic carbocycles. The number of piperidine rings is 2. The Kier molecular flexibility index (Phi) is 11.6. The minimum absolute atomic E-state index is 0.0134. The molecule has 1 unspecified atom stereocenters. The lowest BCUT2D eigenvalue weighted by Gasteiger charge is -2.55. The number of β-amino-alcohol motifs (C(OH)–C–C–N with tert-alkyl or cyclic N) is 1. The van der Waals surface area contributed by atoms with E-state index in [1.54, 1.807) is 19.9 Å². The summed E-state index contributed by atoms with van der Waals surface area (Å²) < 4.78 is 79.2. The number of benzene rings is 2. The predicted molar refractivity (Wildman–Crippen MR) is 224 cm³/mol. The normalized spacial score (nSPS) is 28.9. The molecule has 3 aromatic rings. The molecular formula is C42H52ClF3N8O6S. The average Bonchev–Trinajstić information content (AvgIpc) is 3.19. The Hall–Kier alpha value is -4.07. The third-order valence-electron chi connectivity index (χ3n) is 13.1. The lowest BCUT2D eigenvalue weighted by atomic mass is 9.71. The van der Waals surface area contributed by atoms with Gasteiger partial charge in [-0.25, -0.2) is 18.1 Å². The van der Waals surface area contributed by atoms with Crippen LogP contribution in [-0.2, 0) is 30.5 Å². The fraction of sp³-hybridized carbons (Fsp3) is 0.571. The number of sulfonamides is 1. The molecule has 5 saturated heterocycles. The molecule has 4 N–H and O–H groups in total. The number of carbonyl (C=O) groups excluding carboxylic acids is 2. The van der Waals surface area contributed by atoms with E-state index in [9.17, 15) is 36.3 Å². The topological polar surface area (TPSA) is 169 Å². The summed E-state index contributed by atoms with van der Waals surface area (Å²) in [6.07, 6.45) is 0.349. The number of nitrogens with one attached hydrogen (secondary N) is 3. The SMILES string of the molecule is Cc1cc(S(=O)(=O)NC23CCC(CN4CCN(c5ccc(C6CCC(=O)NC6=O)c(Cl)c5)C[C@@H]4C)(CC2)OC3)ccc1Nc1ncc(C(F)(F)F)c(N2CCC[C@](C)(O)C2)n1. The quantitative estimate of drug-likeness (QED) is 0.185. The van der Waals surface area contributed by atoms with Crippen molar-refractivity contribution in [3.8, 4) is 0 Å². The van der Waals surface area contributed by atoms with Gasteiger partial charge in [-0.2, -0.15) is 18.2 Å². The van der Waals surface area contributed by atoms with Crippen molar-refractivity contribution in [2.45, 2.75) is 112 Å². The molecule has 6 heterocycles. The molecule has 1 aliphatic carbocycles. The van der Waals surface area contributed by atoms with Gasteiger partial charge in [0.25, 0.3) is 0 Å². The van der Waals surface area contributed by atoms with Gasteiger partial charge in [0.05, 0.1) is 34.2 Å². The van der Waals surface area contributed by atoms with Crippen LogP contribution in [0.15, 0.2) is 47.5 Å². The molecule has 0 spiro atoms. The van der Waals surface area contributed by atoms with Crippen LogP contribution >= 0.6 is 11.6 Å². The van der Waals surface area contributed by atoms with Gasteiger partial charge in [0.15, 0.2) is 0 Å². The Morgan fingerprint density at radius 1 is 1.05 bits per heavy atom. The maximum Gasteiger partial charge on any atom is 0.421 e. The second-order valence-electron chi connectivity index (χ2n) is 17.9. The summed E-state index contributed by atoms with van der Waals surface area (Å²) in [5.74, 6) is -1.44. The van der Waals surface area contributed by atoms with Crippen molar-refractivity contribution in [1.29, 1.82) is 0 Å². The van der Waals surface area contributed by atoms with E-state index >= 15 is 0 Å². The first-order valence-electron chi connectivity index (χ1n) is 20.8. The molecule has 5 aliphatic heterocycles. The lowest BCUT2D eigenvalue weighted by molar-refractivity contribution is -0.169. The Balaban J connectivity index is 0.869. The first kappa shape index (κ1) is 43.6. The maximum atomic E-state index is 14.0. The van der Waals surface area contributed by atoms with Gasteiger partial charge in [-0.05, 0) is 107 Å². The summed E-state index contributed by atoms with van der Waals surface area (Å²) in [6.45, 7) is 9.07. The monoisotopic (exact) mass is 888 g/mol. The van der Waals surface area contributed by atoms with Crippen molar-refractivity contribution >= 4 is 56.6 Å². The zero-order valence-electron chi connectivity index (χ0n) is 34.4. The number of carbonyl (C=O) groups is 2. The van der Waals surface area contributed by atoms with E-state index in [0.717, 1.165) is 43.6 Å². The molecule has 1 saturated carbocycles. The number of amides is 2. The standard InChI is InChI=1S/C42H52ClF3N8O6S/c1-26-19-29(6-9-34(26)48-38-47-21-32(42(44,45)46)36(50-38)54-16-4-11-39(3,57)23-54)61(58,59)51-40-12-14-41(15-13-40,60-25-40)24-53-18-17-52(22-27(53)2)28-5-7-30(33(43)20-28)31-8-10-35(55)49-37(31)56/h5-7,9,19-21,27,31,51,57H,4,8,10-18,22-25H2,1-3H3,(H,47,48,50)(H,49,55,56)/t27-,31?,39-,40?,41?/m0/s1. The third-order valence-corrected chi connectivity index (χ3v) is 15.1. The third kappa shape index (κ3) is 9.21. The van der Waals surface area contributed by atoms with Crippen molar-refractivity contribution in [2.75, 3.05) is 61.0 Å². The molecule has 3 atom stereocenters. The van der Waals surface area contributed by atoms with Gasteiger partial charge in [-0.15, -0.1) is 0 Å². The van der Waals surface area contributed by atoms with Gasteiger partial charge in [-0.3, -0.25) is 19.8 Å². The number of rotatable bonds is 10. The summed E-state index contributed by atoms with van der Waals surface area (Å²) in [5.41, 5.74) is -0.648. The number of hydrogen-bond acceptors (Lipinski definition) is 12. The number of imide groups is 1. The Morgan fingerprint density at radius 3 is 2.46 bits per heavy atom. The Labute approximate surface area is 358 Å². The number of halogens is 4. The predicted octanol–water partition coefficient (Wildman–Crippen LogP) is 5.64. The zero-order valence-corrected chi connectivity index (χ0v) is 36.0.